The van der Waals surface area contributed by atoms with Gasteiger partial charge in [-0.05, 0) is 18.9 Å². The number of aromatic nitrogens is 1. The number of ether oxygens (including phenoxy) is 1. The number of likely N-dealkylation sites (tertiary alicyclic amines) is 1. The second-order valence-electron chi connectivity index (χ2n) is 5.51. The predicted molar refractivity (Wildman–Crippen MR) is 82.8 cm³/mol. The number of hydrogen-bond donors (Lipinski definition) is 1. The predicted octanol–water partition coefficient (Wildman–Crippen LogP) is 1.42. The van der Waals surface area contributed by atoms with Gasteiger partial charge in [-0.15, -0.1) is 0 Å². The maximum Gasteiger partial charge on any atom is 0.321 e. The number of methoxy groups -OCH3 is 1. The van der Waals surface area contributed by atoms with Crippen molar-refractivity contribution in [3.63, 3.8) is 0 Å². The first kappa shape index (κ1) is 16.1. The fourth-order valence-corrected chi connectivity index (χ4v) is 2.47. The number of anilines is 1. The van der Waals surface area contributed by atoms with Gasteiger partial charge < -0.3 is 19.9 Å². The molecule has 1 aromatic heterocycles. The summed E-state index contributed by atoms with van der Waals surface area (Å²) in [7, 11) is 5.07. The third-order valence-corrected chi connectivity index (χ3v) is 3.77. The Balaban J connectivity index is 1.85. The summed E-state index contributed by atoms with van der Waals surface area (Å²) in [6.07, 6.45) is 2.95. The lowest BCUT2D eigenvalue weighted by atomic mass is 9.96. The Morgan fingerprint density at radius 3 is 2.50 bits per heavy atom. The highest BCUT2D eigenvalue weighted by Crippen LogP contribution is 2.20. The summed E-state index contributed by atoms with van der Waals surface area (Å²) < 4.78 is 4.97. The van der Waals surface area contributed by atoms with Crippen LogP contribution in [0.4, 0.5) is 10.5 Å². The van der Waals surface area contributed by atoms with E-state index in [0.29, 0.717) is 37.5 Å². The normalized spacial score (nSPS) is 15.3. The van der Waals surface area contributed by atoms with Crippen LogP contribution >= 0.6 is 0 Å². The van der Waals surface area contributed by atoms with Gasteiger partial charge in [0.25, 0.3) is 0 Å². The molecule has 0 unspecified atom stereocenters. The van der Waals surface area contributed by atoms with E-state index in [-0.39, 0.29) is 17.9 Å². The second kappa shape index (κ2) is 7.11. The smallest absolute Gasteiger partial charge is 0.321 e. The van der Waals surface area contributed by atoms with Gasteiger partial charge in [0.1, 0.15) is 0 Å². The van der Waals surface area contributed by atoms with E-state index in [1.807, 2.05) is 0 Å². The van der Waals surface area contributed by atoms with Crippen LogP contribution in [0.25, 0.3) is 0 Å². The second-order valence-corrected chi connectivity index (χ2v) is 5.51. The first-order chi connectivity index (χ1) is 10.5. The molecule has 2 rings (SSSR count). The molecule has 120 valence electrons. The van der Waals surface area contributed by atoms with Crippen molar-refractivity contribution in [1.82, 2.24) is 14.8 Å². The van der Waals surface area contributed by atoms with Gasteiger partial charge in [0, 0.05) is 39.2 Å². The van der Waals surface area contributed by atoms with Crippen LogP contribution in [0.5, 0.6) is 5.88 Å². The van der Waals surface area contributed by atoms with Crippen molar-refractivity contribution >= 4 is 17.6 Å². The van der Waals surface area contributed by atoms with Crippen LogP contribution < -0.4 is 10.1 Å². The molecule has 1 aliphatic rings. The Morgan fingerprint density at radius 2 is 2.00 bits per heavy atom. The zero-order valence-electron chi connectivity index (χ0n) is 13.2. The van der Waals surface area contributed by atoms with Gasteiger partial charge in [0.05, 0.1) is 19.0 Å². The van der Waals surface area contributed by atoms with Crippen LogP contribution in [0.15, 0.2) is 18.3 Å². The zero-order valence-corrected chi connectivity index (χ0v) is 13.2. The quantitative estimate of drug-likeness (QED) is 0.916. The number of urea groups is 1. The van der Waals surface area contributed by atoms with Crippen molar-refractivity contribution in [2.75, 3.05) is 39.6 Å². The van der Waals surface area contributed by atoms with Crippen LogP contribution in [-0.4, -0.2) is 61.0 Å². The van der Waals surface area contributed by atoms with E-state index in [1.165, 1.54) is 0 Å². The highest BCUT2D eigenvalue weighted by atomic mass is 16.5. The molecule has 3 amide bonds. The Bertz CT molecular complexity index is 522. The van der Waals surface area contributed by atoms with Gasteiger partial charge in [-0.25, -0.2) is 9.78 Å². The fraction of sp³-hybridized carbons (Fsp3) is 0.533. The largest absolute Gasteiger partial charge is 0.481 e. The molecule has 7 heteroatoms. The van der Waals surface area contributed by atoms with Crippen LogP contribution in [0.1, 0.15) is 12.8 Å². The molecule has 0 saturated carbocycles. The number of rotatable bonds is 3. The number of hydrogen-bond acceptors (Lipinski definition) is 4. The first-order valence-corrected chi connectivity index (χ1v) is 7.28. The number of carbonyl (C=O) groups is 2. The Kier molecular flexibility index (Phi) is 5.19. The molecule has 0 aliphatic carbocycles. The lowest BCUT2D eigenvalue weighted by Gasteiger charge is -2.32. The minimum Gasteiger partial charge on any atom is -0.481 e. The van der Waals surface area contributed by atoms with Crippen molar-refractivity contribution in [2.45, 2.75) is 12.8 Å². The molecule has 2 heterocycles. The van der Waals surface area contributed by atoms with E-state index >= 15 is 0 Å². The van der Waals surface area contributed by atoms with Crippen molar-refractivity contribution in [3.05, 3.63) is 18.3 Å². The first-order valence-electron chi connectivity index (χ1n) is 7.28. The lowest BCUT2D eigenvalue weighted by molar-refractivity contribution is -0.134. The van der Waals surface area contributed by atoms with Crippen LogP contribution in [0.3, 0.4) is 0 Å². The van der Waals surface area contributed by atoms with Crippen molar-refractivity contribution in [3.8, 4) is 5.88 Å². The van der Waals surface area contributed by atoms with Gasteiger partial charge in [-0.2, -0.15) is 0 Å². The highest BCUT2D eigenvalue weighted by Gasteiger charge is 2.28. The number of carbonyl (C=O) groups excluding carboxylic acids is 2. The Morgan fingerprint density at radius 1 is 1.32 bits per heavy atom. The van der Waals surface area contributed by atoms with E-state index in [9.17, 15) is 9.59 Å². The number of nitrogens with zero attached hydrogens (tertiary/aromatic N) is 3. The third kappa shape index (κ3) is 3.87. The van der Waals surface area contributed by atoms with Crippen molar-refractivity contribution < 1.29 is 14.3 Å². The average Bonchev–Trinajstić information content (AvgIpc) is 2.55. The molecule has 0 atom stereocenters. The molecule has 0 radical (unpaired) electrons. The number of pyridine rings is 1. The van der Waals surface area contributed by atoms with Gasteiger partial charge in [0.15, 0.2) is 0 Å². The van der Waals surface area contributed by atoms with Crippen LogP contribution in [-0.2, 0) is 4.79 Å². The summed E-state index contributed by atoms with van der Waals surface area (Å²) in [6.45, 7) is 1.17. The Hall–Kier alpha value is -2.31. The summed E-state index contributed by atoms with van der Waals surface area (Å²) in [5.41, 5.74) is 0.622. The topological polar surface area (TPSA) is 74.8 Å². The van der Waals surface area contributed by atoms with E-state index < -0.39 is 0 Å². The summed E-state index contributed by atoms with van der Waals surface area (Å²) >= 11 is 0. The molecule has 0 spiro atoms. The molecule has 1 saturated heterocycles. The zero-order chi connectivity index (χ0) is 16.1. The minimum absolute atomic E-state index is 0.0155. The number of nitrogens with one attached hydrogen (secondary N) is 1. The monoisotopic (exact) mass is 306 g/mol. The molecule has 1 fully saturated rings. The van der Waals surface area contributed by atoms with E-state index in [0.717, 1.165) is 0 Å². The summed E-state index contributed by atoms with van der Waals surface area (Å²) in [4.78, 5) is 31.5. The van der Waals surface area contributed by atoms with E-state index in [4.69, 9.17) is 4.74 Å². The standard InChI is InChI=1S/C15H22N4O3/c1-18(2)14(20)11-6-8-19(9-7-11)15(21)17-12-4-5-13(22-3)16-10-12/h4-5,10-11H,6-9H2,1-3H3,(H,17,21). The van der Waals surface area contributed by atoms with Gasteiger partial charge in [-0.1, -0.05) is 0 Å². The number of amides is 3. The molecule has 7 nitrogen and oxygen atoms in total. The summed E-state index contributed by atoms with van der Waals surface area (Å²) in [6, 6.07) is 3.27. The van der Waals surface area contributed by atoms with Crippen LogP contribution in [0, 0.1) is 5.92 Å². The minimum atomic E-state index is -0.164. The molecule has 0 aromatic carbocycles. The van der Waals surface area contributed by atoms with E-state index in [2.05, 4.69) is 10.3 Å². The van der Waals surface area contributed by atoms with E-state index in [1.54, 1.807) is 49.3 Å². The van der Waals surface area contributed by atoms with Gasteiger partial charge in [0.2, 0.25) is 11.8 Å². The highest BCUT2D eigenvalue weighted by molar-refractivity contribution is 5.89. The molecular formula is C15H22N4O3. The molecule has 1 aromatic rings. The molecular weight excluding hydrogens is 284 g/mol. The third-order valence-electron chi connectivity index (χ3n) is 3.77. The molecule has 1 aliphatic heterocycles. The van der Waals surface area contributed by atoms with Crippen molar-refractivity contribution in [2.24, 2.45) is 5.92 Å². The Labute approximate surface area is 130 Å². The maximum atomic E-state index is 12.2. The number of piperidine rings is 1. The van der Waals surface area contributed by atoms with Gasteiger partial charge in [-0.3, -0.25) is 4.79 Å². The van der Waals surface area contributed by atoms with Gasteiger partial charge >= 0.3 is 6.03 Å². The lowest BCUT2D eigenvalue weighted by Crippen LogP contribution is -2.44. The summed E-state index contributed by atoms with van der Waals surface area (Å²) in [5.74, 6) is 0.655. The SMILES string of the molecule is COc1ccc(NC(=O)N2CCC(C(=O)N(C)C)CC2)cn1. The average molecular weight is 306 g/mol. The molecule has 1 N–H and O–H groups in total. The molecule has 22 heavy (non-hydrogen) atoms. The maximum absolute atomic E-state index is 12.2. The summed E-state index contributed by atoms with van der Waals surface area (Å²) in [5, 5.41) is 2.80. The van der Waals surface area contributed by atoms with Crippen molar-refractivity contribution in [1.29, 1.82) is 0 Å². The fourth-order valence-electron chi connectivity index (χ4n) is 2.47. The van der Waals surface area contributed by atoms with Crippen LogP contribution in [0.2, 0.25) is 0 Å². The molecule has 0 bridgehead atoms.